The second kappa shape index (κ2) is 15.2. The number of nitrogens with one attached hydrogen (secondary N) is 2. The minimum Gasteiger partial charge on any atom is -0.355 e. The molecule has 5 nitrogen and oxygen atoms in total. The normalized spacial score (nSPS) is 22.8. The monoisotopic (exact) mass is 604 g/mol. The zero-order valence-corrected chi connectivity index (χ0v) is 28.6. The Bertz CT molecular complexity index is 1360. The van der Waals surface area contributed by atoms with Crippen molar-refractivity contribution in [1.29, 1.82) is 5.41 Å². The first-order chi connectivity index (χ1) is 20.8. The summed E-state index contributed by atoms with van der Waals surface area (Å²) in [4.78, 5) is 9.02. The minimum absolute atomic E-state index is 0. The topological polar surface area (TPSA) is 69.8 Å². The molecular formula is C38H57FN4O. The van der Waals surface area contributed by atoms with E-state index in [0.29, 0.717) is 11.8 Å². The molecule has 1 unspecified atom stereocenters. The Morgan fingerprint density at radius 1 is 1.30 bits per heavy atom. The number of aryl methyl sites for hydroxylation is 1. The Morgan fingerprint density at radius 3 is 2.55 bits per heavy atom. The Morgan fingerprint density at radius 2 is 2.00 bits per heavy atom. The van der Waals surface area contributed by atoms with Crippen molar-refractivity contribution in [2.24, 2.45) is 26.7 Å². The van der Waals surface area contributed by atoms with Gasteiger partial charge < -0.3 is 10.1 Å². The third-order valence-electron chi connectivity index (χ3n) is 10.0. The van der Waals surface area contributed by atoms with Gasteiger partial charge in [-0.3, -0.25) is 10.4 Å². The van der Waals surface area contributed by atoms with Crippen LogP contribution in [0.4, 0.5) is 10.1 Å². The molecule has 2 aliphatic rings. The molecule has 2 saturated carbocycles. The summed E-state index contributed by atoms with van der Waals surface area (Å²) in [7, 11) is 1.78. The number of rotatable bonds is 14. The summed E-state index contributed by atoms with van der Waals surface area (Å²) in [6.45, 7) is 20.5. The van der Waals surface area contributed by atoms with E-state index in [9.17, 15) is 4.39 Å². The van der Waals surface area contributed by atoms with Gasteiger partial charge in [-0.15, -0.1) is 0 Å². The third kappa shape index (κ3) is 8.53. The molecule has 2 fully saturated rings. The molecule has 0 amide bonds. The van der Waals surface area contributed by atoms with Gasteiger partial charge in [0.15, 0.2) is 12.2 Å². The SMILES string of the molecule is C=C(Nc1cc(C(=N)N=C(C)[C@H]2C[C@@H](OC(C)F)C2(C)C)ccc1C)\C(C=NC)=C(C)/C=C(\C=C/C)CCC1(CC)CCC1.[HH]. The zero-order chi connectivity index (χ0) is 32.7. The first-order valence-electron chi connectivity index (χ1n) is 16.2. The highest BCUT2D eigenvalue weighted by atomic mass is 19.1. The molecule has 2 aliphatic carbocycles. The zero-order valence-electron chi connectivity index (χ0n) is 28.6. The van der Waals surface area contributed by atoms with Gasteiger partial charge in [-0.05, 0) is 100 Å². The second-order valence-electron chi connectivity index (χ2n) is 13.4. The smallest absolute Gasteiger partial charge is 0.196 e. The van der Waals surface area contributed by atoms with Gasteiger partial charge in [0.1, 0.15) is 0 Å². The van der Waals surface area contributed by atoms with Crippen molar-refractivity contribution in [3.8, 4) is 0 Å². The van der Waals surface area contributed by atoms with Crippen LogP contribution in [0.2, 0.25) is 0 Å². The summed E-state index contributed by atoms with van der Waals surface area (Å²) < 4.78 is 18.9. The second-order valence-corrected chi connectivity index (χ2v) is 13.4. The molecule has 0 spiro atoms. The molecule has 0 heterocycles. The average Bonchev–Trinajstić information content (AvgIpc) is 2.94. The number of alkyl halides is 1. The summed E-state index contributed by atoms with van der Waals surface area (Å²) in [5, 5.41) is 12.3. The Labute approximate surface area is 267 Å². The number of allylic oxidation sites excluding steroid dienone is 6. The van der Waals surface area contributed by atoms with E-state index < -0.39 is 6.36 Å². The lowest BCUT2D eigenvalue weighted by Crippen LogP contribution is -2.54. The number of benzene rings is 1. The van der Waals surface area contributed by atoms with Crippen molar-refractivity contribution in [2.75, 3.05) is 12.4 Å². The third-order valence-corrected chi connectivity index (χ3v) is 10.0. The molecule has 0 aliphatic heterocycles. The maximum absolute atomic E-state index is 13.4. The molecular weight excluding hydrogens is 547 g/mol. The molecule has 242 valence electrons. The maximum Gasteiger partial charge on any atom is 0.196 e. The fraction of sp³-hybridized carbons (Fsp3) is 0.553. The Balaban J connectivity index is 0.00000705. The number of ether oxygens (including phenoxy) is 1. The summed E-state index contributed by atoms with van der Waals surface area (Å²) in [5.41, 5.74) is 7.94. The van der Waals surface area contributed by atoms with Crippen LogP contribution in [0.5, 0.6) is 0 Å². The molecule has 3 atom stereocenters. The van der Waals surface area contributed by atoms with E-state index in [1.54, 1.807) is 7.05 Å². The Kier molecular flexibility index (Phi) is 12.3. The van der Waals surface area contributed by atoms with E-state index in [2.05, 4.69) is 74.7 Å². The number of halogens is 1. The Hall–Kier alpha value is -3.12. The summed E-state index contributed by atoms with van der Waals surface area (Å²) in [5.74, 6) is 0.340. The molecule has 2 N–H and O–H groups in total. The van der Waals surface area contributed by atoms with Gasteiger partial charge in [-0.2, -0.15) is 0 Å². The molecule has 0 saturated heterocycles. The molecule has 0 bridgehead atoms. The lowest BCUT2D eigenvalue weighted by atomic mass is 9.58. The molecule has 0 radical (unpaired) electrons. The molecule has 44 heavy (non-hydrogen) atoms. The van der Waals surface area contributed by atoms with Gasteiger partial charge >= 0.3 is 0 Å². The molecule has 6 heteroatoms. The van der Waals surface area contributed by atoms with Gasteiger partial charge in [0.05, 0.1) is 6.10 Å². The van der Waals surface area contributed by atoms with Crippen LogP contribution in [0, 0.1) is 29.1 Å². The number of nitrogens with zero attached hydrogens (tertiary/aromatic N) is 2. The van der Waals surface area contributed by atoms with Crippen LogP contribution < -0.4 is 5.32 Å². The van der Waals surface area contributed by atoms with Crippen molar-refractivity contribution >= 4 is 23.4 Å². The number of hydrogen-bond acceptors (Lipinski definition) is 4. The maximum atomic E-state index is 13.4. The van der Waals surface area contributed by atoms with Gasteiger partial charge in [0.25, 0.3) is 0 Å². The summed E-state index contributed by atoms with van der Waals surface area (Å²) >= 11 is 0. The largest absolute Gasteiger partial charge is 0.355 e. The van der Waals surface area contributed by atoms with Crippen LogP contribution in [0.15, 0.2) is 75.4 Å². The van der Waals surface area contributed by atoms with Crippen LogP contribution >= 0.6 is 0 Å². The van der Waals surface area contributed by atoms with E-state index in [4.69, 9.17) is 10.1 Å². The predicted octanol–water partition coefficient (Wildman–Crippen LogP) is 10.6. The lowest BCUT2D eigenvalue weighted by molar-refractivity contribution is -0.176. The van der Waals surface area contributed by atoms with Crippen molar-refractivity contribution in [3.63, 3.8) is 0 Å². The quantitative estimate of drug-likeness (QED) is 0.126. The van der Waals surface area contributed by atoms with Crippen LogP contribution in [-0.2, 0) is 4.74 Å². The fourth-order valence-corrected chi connectivity index (χ4v) is 6.69. The lowest BCUT2D eigenvalue weighted by Gasteiger charge is -2.51. The summed E-state index contributed by atoms with van der Waals surface area (Å²) in [6, 6.07) is 5.89. The first kappa shape index (κ1) is 35.4. The number of amidine groups is 1. The minimum atomic E-state index is -1.29. The van der Waals surface area contributed by atoms with E-state index in [1.165, 1.54) is 44.6 Å². The fourth-order valence-electron chi connectivity index (χ4n) is 6.69. The summed E-state index contributed by atoms with van der Waals surface area (Å²) in [6.07, 6.45) is 15.4. The van der Waals surface area contributed by atoms with Gasteiger partial charge in [0.2, 0.25) is 0 Å². The standard InChI is InChI=1S/C38H55FN4O.H2/c1-11-14-30(17-20-38(12-2)18-13-19-38)21-26(4)32(24-41-10)27(5)42-34-22-31(16-15-25(34)3)36(40)43-28(6)33-23-35(37(33,8)9)44-29(7)39;/h11,14-16,21-22,24,29,33,35,40,42H,5,12-13,17-20,23H2,1-4,6-10H3;1H/b14-11-,30-21+,32-26-,40-36?,41-24?,43-28?;/t29?,33-,35-;/m1./s1. The first-order valence-corrected chi connectivity index (χ1v) is 16.2. The van der Waals surface area contributed by atoms with E-state index in [0.717, 1.165) is 45.8 Å². The molecule has 3 rings (SSSR count). The van der Waals surface area contributed by atoms with Crippen molar-refractivity contribution in [3.05, 3.63) is 76.5 Å². The highest BCUT2D eigenvalue weighted by Crippen LogP contribution is 2.49. The van der Waals surface area contributed by atoms with E-state index in [1.807, 2.05) is 38.3 Å². The molecule has 0 aromatic heterocycles. The van der Waals surface area contributed by atoms with Crippen molar-refractivity contribution in [1.82, 2.24) is 0 Å². The number of aliphatic imine (C=N–C) groups is 2. The number of anilines is 1. The highest BCUT2D eigenvalue weighted by Gasteiger charge is 2.50. The van der Waals surface area contributed by atoms with Crippen molar-refractivity contribution < 1.29 is 10.6 Å². The highest BCUT2D eigenvalue weighted by molar-refractivity contribution is 6.06. The van der Waals surface area contributed by atoms with Gasteiger partial charge in [-0.1, -0.05) is 70.6 Å². The van der Waals surface area contributed by atoms with Crippen LogP contribution in [0.1, 0.15) is 106 Å². The van der Waals surface area contributed by atoms with Gasteiger partial charge in [-0.25, -0.2) is 9.38 Å². The van der Waals surface area contributed by atoms with Crippen LogP contribution in [0.3, 0.4) is 0 Å². The average molecular weight is 605 g/mol. The van der Waals surface area contributed by atoms with Crippen LogP contribution in [-0.4, -0.2) is 37.3 Å². The number of hydrogen-bond donors (Lipinski definition) is 2. The van der Waals surface area contributed by atoms with Crippen molar-refractivity contribution in [2.45, 2.75) is 113 Å². The predicted molar refractivity (Wildman–Crippen MR) is 189 cm³/mol. The molecule has 1 aromatic carbocycles. The molecule has 1 aromatic rings. The van der Waals surface area contributed by atoms with Gasteiger partial charge in [0, 0.05) is 48.8 Å². The van der Waals surface area contributed by atoms with Crippen LogP contribution in [0.25, 0.3) is 0 Å². The van der Waals surface area contributed by atoms with E-state index >= 15 is 0 Å². The van der Waals surface area contributed by atoms with E-state index in [-0.39, 0.29) is 24.7 Å².